The van der Waals surface area contributed by atoms with E-state index < -0.39 is 16.7 Å². The molecule has 3 rings (SSSR count). The third kappa shape index (κ3) is 2.45. The van der Waals surface area contributed by atoms with E-state index in [4.69, 9.17) is 0 Å². The van der Waals surface area contributed by atoms with Gasteiger partial charge in [0.15, 0.2) is 5.78 Å². The van der Waals surface area contributed by atoms with Gasteiger partial charge in [-0.1, -0.05) is 60.7 Å². The topological polar surface area (TPSA) is 51.2 Å². The van der Waals surface area contributed by atoms with Crippen LogP contribution in [0.2, 0.25) is 0 Å². The minimum atomic E-state index is -0.715. The first kappa shape index (κ1) is 13.5. The van der Waals surface area contributed by atoms with Crippen molar-refractivity contribution in [2.75, 3.05) is 0 Å². The Morgan fingerprint density at radius 2 is 1.38 bits per heavy atom. The van der Waals surface area contributed by atoms with Crippen molar-refractivity contribution in [3.63, 3.8) is 0 Å². The van der Waals surface area contributed by atoms with Gasteiger partial charge in [0.25, 0.3) is 5.12 Å². The van der Waals surface area contributed by atoms with Crippen molar-refractivity contribution in [2.24, 2.45) is 0 Å². The number of hydrogen-bond acceptors (Lipinski definition) is 4. The molecule has 0 aromatic heterocycles. The van der Waals surface area contributed by atoms with Crippen LogP contribution in [0.15, 0.2) is 66.2 Å². The summed E-state index contributed by atoms with van der Waals surface area (Å²) in [6, 6.07) is 17.5. The number of allylic oxidation sites excluding steroid dienone is 1. The normalized spacial score (nSPS) is 14.7. The molecule has 0 aliphatic carbocycles. The summed E-state index contributed by atoms with van der Waals surface area (Å²) in [5.41, 5.74) is 1.09. The lowest BCUT2D eigenvalue weighted by Crippen LogP contribution is -2.15. The minimum absolute atomic E-state index is 0.0256. The molecule has 0 unspecified atom stereocenters. The summed E-state index contributed by atoms with van der Waals surface area (Å²) in [6.45, 7) is 0. The average molecular weight is 294 g/mol. The molecule has 0 bridgehead atoms. The van der Waals surface area contributed by atoms with Crippen LogP contribution in [0.25, 0.3) is 4.91 Å². The molecule has 1 aliphatic rings. The summed E-state index contributed by atoms with van der Waals surface area (Å²) in [7, 11) is 0. The van der Waals surface area contributed by atoms with Crippen LogP contribution < -0.4 is 0 Å². The molecule has 0 saturated heterocycles. The van der Waals surface area contributed by atoms with Gasteiger partial charge in [0.2, 0.25) is 5.78 Å². The first-order valence-electron chi connectivity index (χ1n) is 6.34. The van der Waals surface area contributed by atoms with Crippen molar-refractivity contribution >= 4 is 33.3 Å². The Kier molecular flexibility index (Phi) is 3.54. The highest BCUT2D eigenvalue weighted by Gasteiger charge is 2.37. The SMILES string of the molecule is O=C1SC(c2ccccc2)=C(C(=O)c2ccccc2)C1=O. The van der Waals surface area contributed by atoms with Gasteiger partial charge in [-0.15, -0.1) is 0 Å². The van der Waals surface area contributed by atoms with E-state index in [0.29, 0.717) is 16.0 Å². The Morgan fingerprint density at radius 3 is 2.00 bits per heavy atom. The lowest BCUT2D eigenvalue weighted by Gasteiger charge is -2.04. The first-order chi connectivity index (χ1) is 10.2. The Balaban J connectivity index is 2.13. The predicted molar refractivity (Wildman–Crippen MR) is 81.7 cm³/mol. The summed E-state index contributed by atoms with van der Waals surface area (Å²) in [5, 5.41) is -0.604. The number of rotatable bonds is 3. The average Bonchev–Trinajstić information content (AvgIpc) is 2.84. The molecule has 0 N–H and O–H groups in total. The van der Waals surface area contributed by atoms with Crippen molar-refractivity contribution in [3.8, 4) is 0 Å². The fourth-order valence-electron chi connectivity index (χ4n) is 2.13. The standard InChI is InChI=1S/C17H10O3S/c18-14(11-7-3-1-4-8-11)13-15(19)17(20)21-16(13)12-9-5-2-6-10-12/h1-10H. The van der Waals surface area contributed by atoms with E-state index in [-0.39, 0.29) is 5.57 Å². The van der Waals surface area contributed by atoms with E-state index >= 15 is 0 Å². The number of carbonyl (C=O) groups is 3. The zero-order valence-electron chi connectivity index (χ0n) is 10.9. The van der Waals surface area contributed by atoms with E-state index in [9.17, 15) is 14.4 Å². The second-order valence-electron chi connectivity index (χ2n) is 4.48. The highest BCUT2D eigenvalue weighted by molar-refractivity contribution is 8.24. The van der Waals surface area contributed by atoms with Gasteiger partial charge in [0.05, 0.1) is 5.57 Å². The lowest BCUT2D eigenvalue weighted by atomic mass is 9.98. The molecule has 21 heavy (non-hydrogen) atoms. The first-order valence-corrected chi connectivity index (χ1v) is 7.16. The van der Waals surface area contributed by atoms with Crippen molar-refractivity contribution in [1.82, 2.24) is 0 Å². The van der Waals surface area contributed by atoms with Gasteiger partial charge in [-0.25, -0.2) is 0 Å². The second kappa shape index (κ2) is 5.50. The third-order valence-corrected chi connectivity index (χ3v) is 4.15. The number of ketones is 2. The third-order valence-electron chi connectivity index (χ3n) is 3.13. The summed E-state index contributed by atoms with van der Waals surface area (Å²) < 4.78 is 0. The van der Waals surface area contributed by atoms with Crippen LogP contribution in [0.3, 0.4) is 0 Å². The van der Waals surface area contributed by atoms with E-state index in [1.165, 1.54) is 0 Å². The molecule has 4 heteroatoms. The fourth-order valence-corrected chi connectivity index (χ4v) is 3.05. The maximum absolute atomic E-state index is 12.5. The predicted octanol–water partition coefficient (Wildman–Crippen LogP) is 3.12. The Hall–Kier alpha value is -2.46. The van der Waals surface area contributed by atoms with Gasteiger partial charge in [-0.3, -0.25) is 14.4 Å². The van der Waals surface area contributed by atoms with Crippen LogP contribution in [0.1, 0.15) is 15.9 Å². The van der Waals surface area contributed by atoms with Crippen LogP contribution in [-0.4, -0.2) is 16.7 Å². The van der Waals surface area contributed by atoms with E-state index in [1.807, 2.05) is 6.07 Å². The summed E-state index contributed by atoms with van der Waals surface area (Å²) >= 11 is 0.828. The van der Waals surface area contributed by atoms with E-state index in [2.05, 4.69) is 0 Å². The largest absolute Gasteiger partial charge is 0.288 e. The fraction of sp³-hybridized carbons (Fsp3) is 0. The van der Waals surface area contributed by atoms with Crippen LogP contribution in [-0.2, 0) is 9.59 Å². The second-order valence-corrected chi connectivity index (χ2v) is 5.47. The van der Waals surface area contributed by atoms with Crippen molar-refractivity contribution in [2.45, 2.75) is 0 Å². The maximum atomic E-state index is 12.5. The van der Waals surface area contributed by atoms with Crippen LogP contribution in [0.5, 0.6) is 0 Å². The number of benzene rings is 2. The molecule has 2 aromatic rings. The molecule has 0 spiro atoms. The molecule has 0 saturated carbocycles. The maximum Gasteiger partial charge on any atom is 0.264 e. The molecule has 1 aliphatic heterocycles. The molecule has 102 valence electrons. The highest BCUT2D eigenvalue weighted by Crippen LogP contribution is 2.39. The highest BCUT2D eigenvalue weighted by atomic mass is 32.2. The molecule has 0 amide bonds. The molecule has 0 radical (unpaired) electrons. The van der Waals surface area contributed by atoms with E-state index in [0.717, 1.165) is 11.8 Å². The van der Waals surface area contributed by atoms with Crippen LogP contribution in [0.4, 0.5) is 0 Å². The lowest BCUT2D eigenvalue weighted by molar-refractivity contribution is -0.128. The van der Waals surface area contributed by atoms with Gasteiger partial charge < -0.3 is 0 Å². The van der Waals surface area contributed by atoms with Gasteiger partial charge in [0.1, 0.15) is 0 Å². The van der Waals surface area contributed by atoms with Crippen molar-refractivity contribution in [3.05, 3.63) is 77.4 Å². The minimum Gasteiger partial charge on any atom is -0.288 e. The molecule has 2 aromatic carbocycles. The summed E-state index contributed by atoms with van der Waals surface area (Å²) in [6.07, 6.45) is 0. The zero-order chi connectivity index (χ0) is 14.8. The molecular formula is C17H10O3S. The zero-order valence-corrected chi connectivity index (χ0v) is 11.7. The van der Waals surface area contributed by atoms with Gasteiger partial charge in [-0.2, -0.15) is 0 Å². The van der Waals surface area contributed by atoms with Gasteiger partial charge >= 0.3 is 0 Å². The summed E-state index contributed by atoms with van der Waals surface area (Å²) in [4.78, 5) is 36.8. The van der Waals surface area contributed by atoms with Crippen molar-refractivity contribution in [1.29, 1.82) is 0 Å². The van der Waals surface area contributed by atoms with Crippen LogP contribution >= 0.6 is 11.8 Å². The number of hydrogen-bond donors (Lipinski definition) is 0. The summed E-state index contributed by atoms with van der Waals surface area (Å²) in [5.74, 6) is -1.12. The molecule has 0 fully saturated rings. The molecule has 1 heterocycles. The molecular weight excluding hydrogens is 284 g/mol. The van der Waals surface area contributed by atoms with Gasteiger partial charge in [-0.05, 0) is 17.3 Å². The Labute approximate surface area is 125 Å². The number of carbonyl (C=O) groups excluding carboxylic acids is 3. The molecule has 0 atom stereocenters. The molecule has 3 nitrogen and oxygen atoms in total. The monoisotopic (exact) mass is 294 g/mol. The quantitative estimate of drug-likeness (QED) is 0.496. The van der Waals surface area contributed by atoms with E-state index in [1.54, 1.807) is 54.6 Å². The number of thioether (sulfide) groups is 1. The van der Waals surface area contributed by atoms with Crippen molar-refractivity contribution < 1.29 is 14.4 Å². The van der Waals surface area contributed by atoms with Gasteiger partial charge in [0, 0.05) is 10.5 Å². The Morgan fingerprint density at radius 1 is 0.810 bits per heavy atom. The smallest absolute Gasteiger partial charge is 0.264 e. The Bertz CT molecular complexity index is 761. The van der Waals surface area contributed by atoms with Crippen LogP contribution in [0, 0.1) is 0 Å². The number of Topliss-reactive ketones (excluding diaryl/α,β-unsaturated/α-hetero) is 2.